The van der Waals surface area contributed by atoms with E-state index in [2.05, 4.69) is 128 Å². The molecule has 3 rings (SSSR count). The summed E-state index contributed by atoms with van der Waals surface area (Å²) in [6.07, 6.45) is 8.32. The van der Waals surface area contributed by atoms with Crippen LogP contribution in [0.25, 0.3) is 5.69 Å². The second-order valence-electron chi connectivity index (χ2n) is 8.95. The molecule has 1 aromatic heterocycles. The van der Waals surface area contributed by atoms with Gasteiger partial charge in [-0.1, -0.05) is 49.1 Å². The van der Waals surface area contributed by atoms with E-state index in [1.165, 1.54) is 21.7 Å². The van der Waals surface area contributed by atoms with Crippen LogP contribution in [0.15, 0.2) is 90.1 Å². The van der Waals surface area contributed by atoms with Crippen LogP contribution < -0.4 is 0 Å². The standard InChI is InChI=1S/C29H34N2S/c1-5-30(18-8-6-7-17-29(2,3)4)23-25-13-12-16-28(22-25)32-24-26-14-11-15-27(21-26)31-19-9-10-20-31/h6,8-16,19-22H,5,18,23-24H2,1-4H3/b8-6+. The van der Waals surface area contributed by atoms with Crippen LogP contribution in [-0.4, -0.2) is 22.6 Å². The molecule has 0 amide bonds. The summed E-state index contributed by atoms with van der Waals surface area (Å²) in [5.41, 5.74) is 3.95. The van der Waals surface area contributed by atoms with Gasteiger partial charge >= 0.3 is 0 Å². The first-order valence-electron chi connectivity index (χ1n) is 11.3. The van der Waals surface area contributed by atoms with E-state index < -0.39 is 0 Å². The van der Waals surface area contributed by atoms with Crippen molar-refractivity contribution in [3.63, 3.8) is 0 Å². The highest BCUT2D eigenvalue weighted by atomic mass is 32.2. The molecule has 0 saturated carbocycles. The fourth-order valence-electron chi connectivity index (χ4n) is 3.30. The molecule has 3 heteroatoms. The second kappa shape index (κ2) is 11.8. The molecule has 0 aliphatic rings. The molecule has 32 heavy (non-hydrogen) atoms. The van der Waals surface area contributed by atoms with Gasteiger partial charge in [0.15, 0.2) is 0 Å². The second-order valence-corrected chi connectivity index (χ2v) is 9.99. The molecule has 0 fully saturated rings. The summed E-state index contributed by atoms with van der Waals surface area (Å²) < 4.78 is 2.15. The average Bonchev–Trinajstić information content (AvgIpc) is 3.31. The molecule has 0 aliphatic heterocycles. The van der Waals surface area contributed by atoms with Crippen LogP contribution in [0, 0.1) is 17.3 Å². The van der Waals surface area contributed by atoms with E-state index in [9.17, 15) is 0 Å². The Morgan fingerprint density at radius 3 is 2.47 bits per heavy atom. The van der Waals surface area contributed by atoms with E-state index >= 15 is 0 Å². The van der Waals surface area contributed by atoms with E-state index in [-0.39, 0.29) is 5.41 Å². The van der Waals surface area contributed by atoms with E-state index in [0.29, 0.717) is 0 Å². The third-order valence-corrected chi connectivity index (χ3v) is 6.05. The number of benzene rings is 2. The van der Waals surface area contributed by atoms with Gasteiger partial charge in [-0.3, -0.25) is 4.90 Å². The Labute approximate surface area is 198 Å². The van der Waals surface area contributed by atoms with Crippen molar-refractivity contribution >= 4 is 11.8 Å². The van der Waals surface area contributed by atoms with Crippen LogP contribution in [0.2, 0.25) is 0 Å². The van der Waals surface area contributed by atoms with Gasteiger partial charge in [0.2, 0.25) is 0 Å². The fraction of sp³-hybridized carbons (Fsp3) is 0.310. The summed E-state index contributed by atoms with van der Waals surface area (Å²) in [7, 11) is 0. The van der Waals surface area contributed by atoms with Gasteiger partial charge in [-0.05, 0) is 80.9 Å². The van der Waals surface area contributed by atoms with Gasteiger partial charge in [-0.25, -0.2) is 0 Å². The van der Waals surface area contributed by atoms with Crippen molar-refractivity contribution < 1.29 is 0 Å². The summed E-state index contributed by atoms with van der Waals surface area (Å²) in [5.74, 6) is 7.37. The molecule has 166 valence electrons. The fourth-order valence-corrected chi connectivity index (χ4v) is 4.22. The number of likely N-dealkylation sites (N-methyl/N-ethyl adjacent to an activating group) is 1. The molecule has 2 nitrogen and oxygen atoms in total. The lowest BCUT2D eigenvalue weighted by atomic mass is 9.98. The minimum absolute atomic E-state index is 0.0521. The lowest BCUT2D eigenvalue weighted by Crippen LogP contribution is -2.22. The first-order chi connectivity index (χ1) is 15.4. The highest BCUT2D eigenvalue weighted by molar-refractivity contribution is 7.98. The van der Waals surface area contributed by atoms with E-state index in [0.717, 1.165) is 25.4 Å². The van der Waals surface area contributed by atoms with Gasteiger partial charge in [0.25, 0.3) is 0 Å². The molecule has 0 aliphatic carbocycles. The van der Waals surface area contributed by atoms with Gasteiger partial charge in [0, 0.05) is 47.2 Å². The number of hydrogen-bond acceptors (Lipinski definition) is 2. The predicted octanol–water partition coefficient (Wildman–Crippen LogP) is 7.20. The molecular formula is C29H34N2S. The summed E-state index contributed by atoms with van der Waals surface area (Å²) in [6.45, 7) is 11.5. The Kier molecular flexibility index (Phi) is 8.85. The first kappa shape index (κ1) is 24.0. The van der Waals surface area contributed by atoms with Gasteiger partial charge in [0.1, 0.15) is 0 Å². The highest BCUT2D eigenvalue weighted by Gasteiger charge is 2.05. The maximum absolute atomic E-state index is 3.25. The lowest BCUT2D eigenvalue weighted by Gasteiger charge is -2.18. The highest BCUT2D eigenvalue weighted by Crippen LogP contribution is 2.25. The smallest absolute Gasteiger partial charge is 0.0452 e. The Morgan fingerprint density at radius 1 is 0.969 bits per heavy atom. The number of hydrogen-bond donors (Lipinski definition) is 0. The van der Waals surface area contributed by atoms with Crippen molar-refractivity contribution in [2.24, 2.45) is 5.41 Å². The summed E-state index contributed by atoms with van der Waals surface area (Å²) in [6, 6.07) is 21.8. The predicted molar refractivity (Wildman–Crippen MR) is 139 cm³/mol. The van der Waals surface area contributed by atoms with Crippen molar-refractivity contribution in [3.8, 4) is 17.5 Å². The van der Waals surface area contributed by atoms with Crippen LogP contribution >= 0.6 is 11.8 Å². The Morgan fingerprint density at radius 2 is 1.72 bits per heavy atom. The minimum Gasteiger partial charge on any atom is -0.324 e. The van der Waals surface area contributed by atoms with E-state index in [1.54, 1.807) is 0 Å². The average molecular weight is 443 g/mol. The van der Waals surface area contributed by atoms with Crippen molar-refractivity contribution in [3.05, 3.63) is 96.3 Å². The zero-order chi connectivity index (χ0) is 22.8. The van der Waals surface area contributed by atoms with Gasteiger partial charge < -0.3 is 4.57 Å². The van der Waals surface area contributed by atoms with Crippen LogP contribution in [0.3, 0.4) is 0 Å². The Balaban J connectivity index is 1.56. The molecule has 0 unspecified atom stereocenters. The zero-order valence-electron chi connectivity index (χ0n) is 19.7. The number of nitrogens with zero attached hydrogens (tertiary/aromatic N) is 2. The topological polar surface area (TPSA) is 8.17 Å². The monoisotopic (exact) mass is 442 g/mol. The quantitative estimate of drug-likeness (QED) is 0.256. The molecule has 1 heterocycles. The van der Waals surface area contributed by atoms with Crippen LogP contribution in [0.5, 0.6) is 0 Å². The summed E-state index contributed by atoms with van der Waals surface area (Å²) >= 11 is 1.90. The maximum Gasteiger partial charge on any atom is 0.0452 e. The van der Waals surface area contributed by atoms with Crippen molar-refractivity contribution in [1.29, 1.82) is 0 Å². The lowest BCUT2D eigenvalue weighted by molar-refractivity contribution is 0.311. The Bertz CT molecular complexity index is 1060. The van der Waals surface area contributed by atoms with E-state index in [1.807, 2.05) is 17.8 Å². The maximum atomic E-state index is 3.25. The van der Waals surface area contributed by atoms with E-state index in [4.69, 9.17) is 0 Å². The summed E-state index contributed by atoms with van der Waals surface area (Å²) in [5, 5.41) is 0. The number of rotatable bonds is 9. The van der Waals surface area contributed by atoms with Crippen molar-refractivity contribution in [1.82, 2.24) is 9.47 Å². The molecule has 0 N–H and O–H groups in total. The molecule has 0 bridgehead atoms. The third kappa shape index (κ3) is 8.11. The van der Waals surface area contributed by atoms with Crippen LogP contribution in [0.4, 0.5) is 0 Å². The van der Waals surface area contributed by atoms with Crippen LogP contribution in [0.1, 0.15) is 38.8 Å². The molecule has 0 spiro atoms. The minimum atomic E-state index is 0.0521. The molecule has 0 radical (unpaired) electrons. The largest absolute Gasteiger partial charge is 0.324 e. The SMILES string of the molecule is CCN(C/C=C/C#CC(C)(C)C)Cc1cccc(SCc2cccc(-n3cccc3)c2)c1. The zero-order valence-corrected chi connectivity index (χ0v) is 20.5. The van der Waals surface area contributed by atoms with Gasteiger partial charge in [0.05, 0.1) is 0 Å². The van der Waals surface area contributed by atoms with Crippen LogP contribution in [-0.2, 0) is 12.3 Å². The molecule has 0 atom stereocenters. The normalized spacial score (nSPS) is 11.7. The van der Waals surface area contributed by atoms with Crippen molar-refractivity contribution in [2.45, 2.75) is 44.9 Å². The first-order valence-corrected chi connectivity index (χ1v) is 12.3. The third-order valence-electron chi connectivity index (χ3n) is 4.98. The van der Waals surface area contributed by atoms with Crippen molar-refractivity contribution in [2.75, 3.05) is 13.1 Å². The summed E-state index contributed by atoms with van der Waals surface area (Å²) in [4.78, 5) is 3.75. The molecular weight excluding hydrogens is 408 g/mol. The van der Waals surface area contributed by atoms with Gasteiger partial charge in [-0.2, -0.15) is 0 Å². The van der Waals surface area contributed by atoms with Gasteiger partial charge in [-0.15, -0.1) is 11.8 Å². The Hall–Kier alpha value is -2.67. The molecule has 3 aromatic rings. The molecule has 0 saturated heterocycles. The number of thioether (sulfide) groups is 1. The molecule has 2 aromatic carbocycles. The number of allylic oxidation sites excluding steroid dienone is 1. The number of aromatic nitrogens is 1.